The molecule has 3 aromatic heterocycles. The highest BCUT2D eigenvalue weighted by Gasteiger charge is 2.34. The average Bonchev–Trinajstić information content (AvgIpc) is 3.20. The van der Waals surface area contributed by atoms with Gasteiger partial charge in [0.1, 0.15) is 16.1 Å². The largest absolute Gasteiger partial charge is 0.434 e. The van der Waals surface area contributed by atoms with Crippen LogP contribution in [0.3, 0.4) is 0 Å². The third-order valence-corrected chi connectivity index (χ3v) is 4.90. The number of halogens is 5. The maximum absolute atomic E-state index is 12.9. The molecule has 0 N–H and O–H groups in total. The Hall–Kier alpha value is -2.51. The zero-order valence-corrected chi connectivity index (χ0v) is 16.0. The number of aromatic nitrogens is 4. The fraction of sp³-hybridized carbons (Fsp3) is 0.158. The zero-order chi connectivity index (χ0) is 20.1. The molecule has 144 valence electrons. The molecule has 0 spiro atoms. The minimum Gasteiger partial charge on any atom is -0.343 e. The van der Waals surface area contributed by atoms with E-state index in [9.17, 15) is 13.2 Å². The summed E-state index contributed by atoms with van der Waals surface area (Å²) in [5.74, 6) is 0.259. The van der Waals surface area contributed by atoms with Crippen LogP contribution in [0.1, 0.15) is 11.3 Å². The van der Waals surface area contributed by atoms with Crippen molar-refractivity contribution in [3.05, 3.63) is 70.4 Å². The maximum atomic E-state index is 12.9. The summed E-state index contributed by atoms with van der Waals surface area (Å²) in [7, 11) is 1.54. The smallest absolute Gasteiger partial charge is 0.343 e. The Bertz CT molecular complexity index is 1160. The molecule has 4 nitrogen and oxygen atoms in total. The van der Waals surface area contributed by atoms with Crippen LogP contribution < -0.4 is 0 Å². The van der Waals surface area contributed by atoms with E-state index < -0.39 is 11.9 Å². The van der Waals surface area contributed by atoms with E-state index >= 15 is 0 Å². The third-order valence-electron chi connectivity index (χ3n) is 4.42. The molecule has 0 saturated heterocycles. The number of rotatable bonds is 3. The number of fused-ring (bicyclic) bond motifs is 1. The molecule has 0 aliphatic heterocycles. The molecule has 4 rings (SSSR count). The molecule has 0 saturated carbocycles. The molecule has 4 aromatic rings. The van der Waals surface area contributed by atoms with E-state index in [0.717, 1.165) is 22.7 Å². The summed E-state index contributed by atoms with van der Waals surface area (Å²) in [6.07, 6.45) is -1.60. The Morgan fingerprint density at radius 3 is 2.39 bits per heavy atom. The van der Waals surface area contributed by atoms with Gasteiger partial charge in [0.15, 0.2) is 5.69 Å². The van der Waals surface area contributed by atoms with Gasteiger partial charge in [-0.15, -0.1) is 0 Å². The van der Waals surface area contributed by atoms with Crippen LogP contribution >= 0.6 is 23.2 Å². The Labute approximate surface area is 168 Å². The van der Waals surface area contributed by atoms with Gasteiger partial charge in [-0.2, -0.15) is 13.2 Å². The normalized spacial score (nSPS) is 12.1. The zero-order valence-electron chi connectivity index (χ0n) is 14.5. The van der Waals surface area contributed by atoms with Crippen molar-refractivity contribution in [2.24, 2.45) is 7.05 Å². The van der Waals surface area contributed by atoms with Crippen molar-refractivity contribution in [2.75, 3.05) is 0 Å². The van der Waals surface area contributed by atoms with E-state index in [-0.39, 0.29) is 5.82 Å². The first-order valence-corrected chi connectivity index (χ1v) is 8.99. The van der Waals surface area contributed by atoms with Gasteiger partial charge in [0.25, 0.3) is 0 Å². The molecule has 0 unspecified atom stereocenters. The summed E-state index contributed by atoms with van der Waals surface area (Å²) in [4.78, 5) is 7.74. The Morgan fingerprint density at radius 2 is 1.75 bits per heavy atom. The van der Waals surface area contributed by atoms with Crippen LogP contribution in [0.15, 0.2) is 48.8 Å². The van der Waals surface area contributed by atoms with Crippen molar-refractivity contribution < 1.29 is 13.2 Å². The number of hydrogen-bond donors (Lipinski definition) is 0. The topological polar surface area (TPSA) is 35.6 Å². The molecule has 9 heteroatoms. The van der Waals surface area contributed by atoms with Crippen molar-refractivity contribution in [3.63, 3.8) is 0 Å². The van der Waals surface area contributed by atoms with Crippen LogP contribution in [0, 0.1) is 0 Å². The Balaban J connectivity index is 1.62. The maximum Gasteiger partial charge on any atom is 0.434 e. The first kappa shape index (κ1) is 18.8. The van der Waals surface area contributed by atoms with E-state index in [4.69, 9.17) is 23.2 Å². The number of benzene rings is 1. The van der Waals surface area contributed by atoms with E-state index in [1.165, 1.54) is 4.57 Å². The summed E-state index contributed by atoms with van der Waals surface area (Å²) in [5.41, 5.74) is 1.52. The molecule has 0 amide bonds. The summed E-state index contributed by atoms with van der Waals surface area (Å²) < 4.78 is 41.9. The van der Waals surface area contributed by atoms with Gasteiger partial charge >= 0.3 is 6.18 Å². The van der Waals surface area contributed by atoms with Crippen LogP contribution in [0.4, 0.5) is 13.2 Å². The number of aryl methyl sites for hydroxylation is 1. The van der Waals surface area contributed by atoms with Crippen LogP contribution in [-0.4, -0.2) is 19.1 Å². The molecule has 0 fully saturated rings. The molecule has 0 atom stereocenters. The van der Waals surface area contributed by atoms with E-state index in [2.05, 4.69) is 9.97 Å². The lowest BCUT2D eigenvalue weighted by Gasteiger charge is -2.08. The number of hydrogen-bond acceptors (Lipinski definition) is 2. The second-order valence-electron chi connectivity index (χ2n) is 6.37. The standard InChI is InChI=1S/C19H13Cl2F3N4/c1-27-10-15(19(22,23)24)25-18(27)12-4-2-11(3-5-12)9-28-7-6-13-14(28)8-16(20)26-17(13)21/h2-8,10H,9H2,1H3. The van der Waals surface area contributed by atoms with Gasteiger partial charge in [-0.3, -0.25) is 0 Å². The van der Waals surface area contributed by atoms with Crippen LogP contribution in [0.2, 0.25) is 10.3 Å². The van der Waals surface area contributed by atoms with E-state index in [1.807, 2.05) is 29.0 Å². The van der Waals surface area contributed by atoms with Crippen LogP contribution in [0.5, 0.6) is 0 Å². The van der Waals surface area contributed by atoms with E-state index in [0.29, 0.717) is 22.4 Å². The molecule has 0 bridgehead atoms. The van der Waals surface area contributed by atoms with Crippen LogP contribution in [-0.2, 0) is 19.8 Å². The van der Waals surface area contributed by atoms with Crippen molar-refractivity contribution in [1.82, 2.24) is 19.1 Å². The predicted molar refractivity (Wildman–Crippen MR) is 103 cm³/mol. The van der Waals surface area contributed by atoms with Gasteiger partial charge in [0.05, 0.1) is 5.52 Å². The summed E-state index contributed by atoms with van der Waals surface area (Å²) in [6.45, 7) is 0.550. The van der Waals surface area contributed by atoms with Crippen molar-refractivity contribution in [1.29, 1.82) is 0 Å². The number of imidazole rings is 1. The highest BCUT2D eigenvalue weighted by Crippen LogP contribution is 2.31. The first-order chi connectivity index (χ1) is 13.2. The minimum atomic E-state index is -4.47. The summed E-state index contributed by atoms with van der Waals surface area (Å²) >= 11 is 12.1. The van der Waals surface area contributed by atoms with Crippen LogP contribution in [0.25, 0.3) is 22.3 Å². The average molecular weight is 425 g/mol. The highest BCUT2D eigenvalue weighted by molar-refractivity contribution is 6.36. The molecular formula is C19H13Cl2F3N4. The summed E-state index contributed by atoms with van der Waals surface area (Å²) in [6, 6.07) is 10.8. The quantitative estimate of drug-likeness (QED) is 0.389. The van der Waals surface area contributed by atoms with Crippen molar-refractivity contribution in [2.45, 2.75) is 12.7 Å². The molecular weight excluding hydrogens is 412 g/mol. The first-order valence-electron chi connectivity index (χ1n) is 8.23. The van der Waals surface area contributed by atoms with Gasteiger partial charge in [0, 0.05) is 36.9 Å². The van der Waals surface area contributed by atoms with Gasteiger partial charge in [-0.1, -0.05) is 47.5 Å². The fourth-order valence-electron chi connectivity index (χ4n) is 3.08. The molecule has 0 aliphatic carbocycles. The minimum absolute atomic E-state index is 0.259. The number of nitrogens with zero attached hydrogens (tertiary/aromatic N) is 4. The van der Waals surface area contributed by atoms with Gasteiger partial charge in [-0.25, -0.2) is 9.97 Å². The monoisotopic (exact) mass is 424 g/mol. The second kappa shape index (κ2) is 6.83. The Kier molecular flexibility index (Phi) is 4.59. The number of pyridine rings is 1. The van der Waals surface area contributed by atoms with Crippen molar-refractivity contribution >= 4 is 34.1 Å². The summed E-state index contributed by atoms with van der Waals surface area (Å²) in [5, 5.41) is 1.45. The second-order valence-corrected chi connectivity index (χ2v) is 7.11. The van der Waals surface area contributed by atoms with Gasteiger partial charge < -0.3 is 9.13 Å². The molecule has 1 aromatic carbocycles. The number of alkyl halides is 3. The predicted octanol–water partition coefficient (Wildman–Crippen LogP) is 5.81. The van der Waals surface area contributed by atoms with Gasteiger partial charge in [-0.05, 0) is 17.7 Å². The molecule has 3 heterocycles. The molecule has 0 radical (unpaired) electrons. The highest BCUT2D eigenvalue weighted by atomic mass is 35.5. The molecule has 28 heavy (non-hydrogen) atoms. The SMILES string of the molecule is Cn1cc(C(F)(F)F)nc1-c1ccc(Cn2ccc3c(Cl)nc(Cl)cc32)cc1. The van der Waals surface area contributed by atoms with Gasteiger partial charge in [0.2, 0.25) is 0 Å². The lowest BCUT2D eigenvalue weighted by atomic mass is 10.1. The Morgan fingerprint density at radius 1 is 1.04 bits per heavy atom. The van der Waals surface area contributed by atoms with E-state index in [1.54, 1.807) is 25.2 Å². The van der Waals surface area contributed by atoms with Crippen molar-refractivity contribution in [3.8, 4) is 11.4 Å². The third kappa shape index (κ3) is 3.47. The lowest BCUT2D eigenvalue weighted by Crippen LogP contribution is -2.04. The lowest BCUT2D eigenvalue weighted by molar-refractivity contribution is -0.140. The molecule has 0 aliphatic rings. The fourth-order valence-corrected chi connectivity index (χ4v) is 3.57.